The van der Waals surface area contributed by atoms with Crippen LogP contribution in [0.3, 0.4) is 0 Å². The lowest BCUT2D eigenvalue weighted by Gasteiger charge is -2.17. The van der Waals surface area contributed by atoms with Gasteiger partial charge in [-0.1, -0.05) is 28.1 Å². The van der Waals surface area contributed by atoms with Gasteiger partial charge in [0.05, 0.1) is 11.5 Å². The van der Waals surface area contributed by atoms with E-state index in [1.807, 2.05) is 0 Å². The van der Waals surface area contributed by atoms with Crippen molar-refractivity contribution in [3.63, 3.8) is 0 Å². The fourth-order valence-electron chi connectivity index (χ4n) is 1.79. The van der Waals surface area contributed by atoms with Crippen LogP contribution in [0.4, 0.5) is 4.39 Å². The zero-order valence-corrected chi connectivity index (χ0v) is 10.3. The average molecular weight is 293 g/mol. The van der Waals surface area contributed by atoms with E-state index in [0.29, 0.717) is 5.56 Å². The van der Waals surface area contributed by atoms with Crippen molar-refractivity contribution in [1.29, 1.82) is 0 Å². The second kappa shape index (κ2) is 3.56. The zero-order chi connectivity index (χ0) is 11.1. The molecule has 1 unspecified atom stereocenters. The van der Waals surface area contributed by atoms with Crippen molar-refractivity contribution in [2.45, 2.75) is 12.1 Å². The summed E-state index contributed by atoms with van der Waals surface area (Å²) in [5.74, 6) is -0.443. The SMILES string of the molecule is O=S1(=O)CCC(F)(c2ccc(Br)cc2)C1. The van der Waals surface area contributed by atoms with Crippen LogP contribution in [0.15, 0.2) is 28.7 Å². The summed E-state index contributed by atoms with van der Waals surface area (Å²) in [5.41, 5.74) is -1.24. The Morgan fingerprint density at radius 1 is 1.27 bits per heavy atom. The van der Waals surface area contributed by atoms with Gasteiger partial charge in [0.2, 0.25) is 0 Å². The summed E-state index contributed by atoms with van der Waals surface area (Å²) in [4.78, 5) is 0. The summed E-state index contributed by atoms with van der Waals surface area (Å²) >= 11 is 3.25. The average Bonchev–Trinajstić information content (AvgIpc) is 2.43. The third-order valence-corrected chi connectivity index (χ3v) is 4.87. The monoisotopic (exact) mass is 292 g/mol. The van der Waals surface area contributed by atoms with Crippen molar-refractivity contribution >= 4 is 25.8 Å². The Labute approximate surface area is 96.5 Å². The van der Waals surface area contributed by atoms with Gasteiger partial charge in [-0.2, -0.15) is 0 Å². The quantitative estimate of drug-likeness (QED) is 0.797. The molecule has 0 radical (unpaired) electrons. The topological polar surface area (TPSA) is 34.1 Å². The summed E-state index contributed by atoms with van der Waals surface area (Å²) in [7, 11) is -3.20. The molecule has 1 atom stereocenters. The van der Waals surface area contributed by atoms with Crippen LogP contribution in [0.2, 0.25) is 0 Å². The fourth-order valence-corrected chi connectivity index (χ4v) is 3.84. The van der Waals surface area contributed by atoms with Gasteiger partial charge in [0, 0.05) is 10.9 Å². The Kier molecular flexibility index (Phi) is 2.63. The van der Waals surface area contributed by atoms with Crippen molar-refractivity contribution in [3.05, 3.63) is 34.3 Å². The van der Waals surface area contributed by atoms with E-state index in [-0.39, 0.29) is 17.9 Å². The summed E-state index contributed by atoms with van der Waals surface area (Å²) in [6.45, 7) is 0. The molecule has 2 rings (SSSR count). The molecule has 15 heavy (non-hydrogen) atoms. The first-order valence-corrected chi connectivity index (χ1v) is 7.18. The van der Waals surface area contributed by atoms with Gasteiger partial charge in [0.25, 0.3) is 0 Å². The molecule has 82 valence electrons. The zero-order valence-electron chi connectivity index (χ0n) is 7.91. The van der Waals surface area contributed by atoms with Crippen molar-refractivity contribution < 1.29 is 12.8 Å². The molecular weight excluding hydrogens is 283 g/mol. The van der Waals surface area contributed by atoms with E-state index in [4.69, 9.17) is 0 Å². The minimum absolute atomic E-state index is 0.0560. The number of hydrogen-bond acceptors (Lipinski definition) is 2. The number of rotatable bonds is 1. The molecule has 1 fully saturated rings. The van der Waals surface area contributed by atoms with Crippen LogP contribution in [0, 0.1) is 0 Å². The molecule has 0 aromatic heterocycles. The molecule has 1 aromatic rings. The molecule has 1 aromatic carbocycles. The highest BCUT2D eigenvalue weighted by molar-refractivity contribution is 9.10. The normalized spacial score (nSPS) is 29.2. The smallest absolute Gasteiger partial charge is 0.153 e. The number of sulfone groups is 1. The van der Waals surface area contributed by atoms with Crippen molar-refractivity contribution in [3.8, 4) is 0 Å². The van der Waals surface area contributed by atoms with Gasteiger partial charge >= 0.3 is 0 Å². The predicted molar refractivity (Wildman–Crippen MR) is 60.2 cm³/mol. The third kappa shape index (κ3) is 2.23. The van der Waals surface area contributed by atoms with Gasteiger partial charge in [-0.05, 0) is 17.7 Å². The van der Waals surface area contributed by atoms with E-state index in [1.165, 1.54) is 0 Å². The van der Waals surface area contributed by atoms with E-state index in [2.05, 4.69) is 15.9 Å². The molecule has 0 N–H and O–H groups in total. The van der Waals surface area contributed by atoms with Gasteiger partial charge in [-0.15, -0.1) is 0 Å². The number of hydrogen-bond donors (Lipinski definition) is 0. The van der Waals surface area contributed by atoms with Crippen molar-refractivity contribution in [2.75, 3.05) is 11.5 Å². The summed E-state index contributed by atoms with van der Waals surface area (Å²) in [5, 5.41) is 0. The first-order chi connectivity index (χ1) is 6.91. The van der Waals surface area contributed by atoms with Crippen LogP contribution in [0.5, 0.6) is 0 Å². The van der Waals surface area contributed by atoms with Crippen LogP contribution >= 0.6 is 15.9 Å². The third-order valence-electron chi connectivity index (χ3n) is 2.62. The number of halogens is 2. The first-order valence-electron chi connectivity index (χ1n) is 4.57. The van der Waals surface area contributed by atoms with E-state index >= 15 is 0 Å². The highest BCUT2D eigenvalue weighted by Crippen LogP contribution is 2.37. The van der Waals surface area contributed by atoms with Crippen molar-refractivity contribution in [1.82, 2.24) is 0 Å². The molecule has 0 saturated carbocycles. The molecule has 2 nitrogen and oxygen atoms in total. The summed E-state index contributed by atoms with van der Waals surface area (Å²) in [6, 6.07) is 6.71. The van der Waals surface area contributed by atoms with Gasteiger partial charge < -0.3 is 0 Å². The van der Waals surface area contributed by atoms with Gasteiger partial charge in [-0.25, -0.2) is 12.8 Å². The lowest BCUT2D eigenvalue weighted by molar-refractivity contribution is 0.202. The van der Waals surface area contributed by atoms with E-state index in [9.17, 15) is 12.8 Å². The van der Waals surface area contributed by atoms with Crippen LogP contribution in [-0.2, 0) is 15.5 Å². The Morgan fingerprint density at radius 2 is 1.87 bits per heavy atom. The minimum Gasteiger partial charge on any atom is -0.238 e. The number of benzene rings is 1. The summed E-state index contributed by atoms with van der Waals surface area (Å²) in [6.07, 6.45) is 0.0664. The number of alkyl halides is 1. The van der Waals surface area contributed by atoms with E-state index in [0.717, 1.165) is 4.47 Å². The molecule has 0 aliphatic carbocycles. The molecule has 0 amide bonds. The summed E-state index contributed by atoms with van der Waals surface area (Å²) < 4.78 is 37.6. The van der Waals surface area contributed by atoms with Gasteiger partial charge in [-0.3, -0.25) is 0 Å². The maximum atomic E-state index is 14.3. The Hall–Kier alpha value is -0.420. The van der Waals surface area contributed by atoms with Crippen LogP contribution in [0.25, 0.3) is 0 Å². The molecule has 1 heterocycles. The van der Waals surface area contributed by atoms with Crippen LogP contribution in [0.1, 0.15) is 12.0 Å². The lowest BCUT2D eigenvalue weighted by atomic mass is 9.95. The second-order valence-corrected chi connectivity index (χ2v) is 6.91. The van der Waals surface area contributed by atoms with Crippen LogP contribution < -0.4 is 0 Å². The Balaban J connectivity index is 2.35. The maximum Gasteiger partial charge on any atom is 0.153 e. The Morgan fingerprint density at radius 3 is 2.33 bits per heavy atom. The fraction of sp³-hybridized carbons (Fsp3) is 0.400. The van der Waals surface area contributed by atoms with Crippen molar-refractivity contribution in [2.24, 2.45) is 0 Å². The second-order valence-electron chi connectivity index (χ2n) is 3.81. The van der Waals surface area contributed by atoms with Crippen LogP contribution in [-0.4, -0.2) is 19.9 Å². The van der Waals surface area contributed by atoms with E-state index < -0.39 is 15.5 Å². The maximum absolute atomic E-state index is 14.3. The molecule has 1 saturated heterocycles. The van der Waals surface area contributed by atoms with E-state index in [1.54, 1.807) is 24.3 Å². The standard InChI is InChI=1S/C10H10BrFO2S/c11-9-3-1-8(2-4-9)10(12)5-6-15(13,14)7-10/h1-4H,5-7H2. The highest BCUT2D eigenvalue weighted by Gasteiger charge is 2.43. The molecule has 1 aliphatic rings. The van der Waals surface area contributed by atoms with Gasteiger partial charge in [0.1, 0.15) is 0 Å². The molecule has 0 spiro atoms. The first kappa shape index (κ1) is 11.1. The molecule has 5 heteroatoms. The predicted octanol–water partition coefficient (Wildman–Crippen LogP) is 2.43. The molecular formula is C10H10BrFO2S. The lowest BCUT2D eigenvalue weighted by Crippen LogP contribution is -2.21. The largest absolute Gasteiger partial charge is 0.238 e. The minimum atomic E-state index is -3.20. The Bertz CT molecular complexity index is 469. The highest BCUT2D eigenvalue weighted by atomic mass is 79.9. The van der Waals surface area contributed by atoms with Gasteiger partial charge in [0.15, 0.2) is 15.5 Å². The molecule has 0 bridgehead atoms. The molecule has 1 aliphatic heterocycles.